The van der Waals surface area contributed by atoms with E-state index in [-0.39, 0.29) is 11.9 Å². The summed E-state index contributed by atoms with van der Waals surface area (Å²) in [6.07, 6.45) is 6.37. The van der Waals surface area contributed by atoms with Gasteiger partial charge in [-0.05, 0) is 55.5 Å². The summed E-state index contributed by atoms with van der Waals surface area (Å²) in [7, 11) is 0. The Labute approximate surface area is 163 Å². The standard InChI is InChI=1S/C22H22N4O2/c1-14-2-6-18(7-3-14)26-12-16(11-24-26)22(28)25-21-9-4-15-10-17(23)5-8-19(15)20(21)13-27/h2-4,6-7,9,11-13,17H,5,8,10,23H2,1H3,(H,25,28)/t17-/m0/s1. The molecule has 0 saturated carbocycles. The third-order valence-electron chi connectivity index (χ3n) is 5.21. The van der Waals surface area contributed by atoms with Crippen molar-refractivity contribution in [3.63, 3.8) is 0 Å². The highest BCUT2D eigenvalue weighted by molar-refractivity contribution is 6.06. The molecule has 4 rings (SSSR count). The van der Waals surface area contributed by atoms with Crippen LogP contribution in [-0.2, 0) is 12.8 Å². The first-order chi connectivity index (χ1) is 13.5. The number of nitrogens with zero attached hydrogens (tertiary/aromatic N) is 2. The molecule has 0 spiro atoms. The van der Waals surface area contributed by atoms with Gasteiger partial charge < -0.3 is 11.1 Å². The van der Waals surface area contributed by atoms with E-state index >= 15 is 0 Å². The summed E-state index contributed by atoms with van der Waals surface area (Å²) in [5.74, 6) is -0.297. The Bertz CT molecular complexity index is 1040. The van der Waals surface area contributed by atoms with Crippen LogP contribution in [0.1, 0.15) is 43.8 Å². The number of benzene rings is 2. The molecule has 0 bridgehead atoms. The van der Waals surface area contributed by atoms with Crippen LogP contribution in [-0.4, -0.2) is 28.0 Å². The van der Waals surface area contributed by atoms with Crippen molar-refractivity contribution < 1.29 is 9.59 Å². The molecular weight excluding hydrogens is 352 g/mol. The van der Waals surface area contributed by atoms with Crippen LogP contribution in [0.25, 0.3) is 5.69 Å². The number of aryl methyl sites for hydroxylation is 1. The molecule has 28 heavy (non-hydrogen) atoms. The van der Waals surface area contributed by atoms with Gasteiger partial charge in [-0.2, -0.15) is 5.10 Å². The van der Waals surface area contributed by atoms with Crippen molar-refractivity contribution in [2.75, 3.05) is 5.32 Å². The maximum Gasteiger partial charge on any atom is 0.258 e. The SMILES string of the molecule is Cc1ccc(-n2cc(C(=O)Nc3ccc4c(c3C=O)CC[C@H](N)C4)cn2)cc1. The summed E-state index contributed by atoms with van der Waals surface area (Å²) in [5, 5.41) is 7.13. The molecule has 0 unspecified atom stereocenters. The third-order valence-corrected chi connectivity index (χ3v) is 5.21. The molecule has 0 aliphatic heterocycles. The van der Waals surface area contributed by atoms with Crippen LogP contribution < -0.4 is 11.1 Å². The molecule has 1 heterocycles. The molecule has 142 valence electrons. The van der Waals surface area contributed by atoms with E-state index in [4.69, 9.17) is 5.73 Å². The molecule has 2 aromatic carbocycles. The minimum Gasteiger partial charge on any atom is -0.327 e. The first-order valence-electron chi connectivity index (χ1n) is 9.33. The smallest absolute Gasteiger partial charge is 0.258 e. The quantitative estimate of drug-likeness (QED) is 0.687. The monoisotopic (exact) mass is 374 g/mol. The predicted octanol–water partition coefficient (Wildman–Crippen LogP) is 3.06. The van der Waals surface area contributed by atoms with Crippen molar-refractivity contribution >= 4 is 17.9 Å². The summed E-state index contributed by atoms with van der Waals surface area (Å²) in [6, 6.07) is 11.7. The van der Waals surface area contributed by atoms with Gasteiger partial charge in [0, 0.05) is 17.8 Å². The lowest BCUT2D eigenvalue weighted by molar-refractivity contribution is 0.102. The van der Waals surface area contributed by atoms with E-state index in [1.807, 2.05) is 37.3 Å². The second kappa shape index (κ2) is 7.40. The number of rotatable bonds is 4. The molecule has 0 radical (unpaired) electrons. The van der Waals surface area contributed by atoms with Gasteiger partial charge in [-0.25, -0.2) is 4.68 Å². The van der Waals surface area contributed by atoms with Gasteiger partial charge in [0.15, 0.2) is 6.29 Å². The Hall–Kier alpha value is -3.25. The fraction of sp³-hybridized carbons (Fsp3) is 0.227. The largest absolute Gasteiger partial charge is 0.327 e. The van der Waals surface area contributed by atoms with Crippen molar-refractivity contribution in [1.29, 1.82) is 0 Å². The highest BCUT2D eigenvalue weighted by Crippen LogP contribution is 2.28. The number of aromatic nitrogens is 2. The normalized spacial score (nSPS) is 15.7. The number of hydrogen-bond donors (Lipinski definition) is 2. The lowest BCUT2D eigenvalue weighted by Gasteiger charge is -2.24. The number of amides is 1. The third kappa shape index (κ3) is 3.46. The number of aldehydes is 1. The molecule has 1 aromatic heterocycles. The minimum absolute atomic E-state index is 0.125. The predicted molar refractivity (Wildman–Crippen MR) is 108 cm³/mol. The molecule has 1 aliphatic carbocycles. The zero-order valence-corrected chi connectivity index (χ0v) is 15.7. The number of carbonyl (C=O) groups excluding carboxylic acids is 2. The van der Waals surface area contributed by atoms with E-state index in [2.05, 4.69) is 10.4 Å². The molecule has 0 saturated heterocycles. The molecule has 6 nitrogen and oxygen atoms in total. The van der Waals surface area contributed by atoms with E-state index < -0.39 is 0 Å². The van der Waals surface area contributed by atoms with Crippen LogP contribution in [0.5, 0.6) is 0 Å². The fourth-order valence-corrected chi connectivity index (χ4v) is 3.63. The molecule has 3 aromatic rings. The van der Waals surface area contributed by atoms with E-state index in [0.29, 0.717) is 16.8 Å². The van der Waals surface area contributed by atoms with Crippen molar-refractivity contribution in [2.24, 2.45) is 5.73 Å². The molecule has 0 fully saturated rings. The zero-order chi connectivity index (χ0) is 19.7. The molecule has 1 atom stereocenters. The van der Waals surface area contributed by atoms with Crippen LogP contribution in [0, 0.1) is 6.92 Å². The number of hydrogen-bond acceptors (Lipinski definition) is 4. The van der Waals surface area contributed by atoms with Gasteiger partial charge >= 0.3 is 0 Å². The highest BCUT2D eigenvalue weighted by atomic mass is 16.1. The number of fused-ring (bicyclic) bond motifs is 1. The van der Waals surface area contributed by atoms with Crippen LogP contribution >= 0.6 is 0 Å². The Morgan fingerprint density at radius 1 is 1.25 bits per heavy atom. The summed E-state index contributed by atoms with van der Waals surface area (Å²) >= 11 is 0. The van der Waals surface area contributed by atoms with Gasteiger partial charge in [-0.15, -0.1) is 0 Å². The van der Waals surface area contributed by atoms with Gasteiger partial charge in [0.05, 0.1) is 23.1 Å². The summed E-state index contributed by atoms with van der Waals surface area (Å²) in [6.45, 7) is 2.02. The molecular formula is C22H22N4O2. The van der Waals surface area contributed by atoms with E-state index in [0.717, 1.165) is 47.9 Å². The van der Waals surface area contributed by atoms with E-state index in [1.54, 1.807) is 16.9 Å². The maximum atomic E-state index is 12.7. The van der Waals surface area contributed by atoms with E-state index in [1.165, 1.54) is 6.20 Å². The van der Waals surface area contributed by atoms with Crippen LogP contribution in [0.15, 0.2) is 48.8 Å². The van der Waals surface area contributed by atoms with Crippen LogP contribution in [0.2, 0.25) is 0 Å². The Morgan fingerprint density at radius 3 is 2.79 bits per heavy atom. The van der Waals surface area contributed by atoms with Gasteiger partial charge in [-0.3, -0.25) is 9.59 Å². The summed E-state index contributed by atoms with van der Waals surface area (Å²) in [4.78, 5) is 24.4. The van der Waals surface area contributed by atoms with Crippen LogP contribution in [0.3, 0.4) is 0 Å². The van der Waals surface area contributed by atoms with Crippen LogP contribution in [0.4, 0.5) is 5.69 Å². The lowest BCUT2D eigenvalue weighted by Crippen LogP contribution is -2.28. The van der Waals surface area contributed by atoms with Crippen molar-refractivity contribution in [2.45, 2.75) is 32.2 Å². The second-order valence-corrected chi connectivity index (χ2v) is 7.25. The second-order valence-electron chi connectivity index (χ2n) is 7.25. The number of nitrogens with one attached hydrogen (secondary N) is 1. The Balaban J connectivity index is 1.57. The zero-order valence-electron chi connectivity index (χ0n) is 15.7. The molecule has 6 heteroatoms. The topological polar surface area (TPSA) is 90.0 Å². The fourth-order valence-electron chi connectivity index (χ4n) is 3.63. The maximum absolute atomic E-state index is 12.7. The van der Waals surface area contributed by atoms with E-state index in [9.17, 15) is 9.59 Å². The van der Waals surface area contributed by atoms with Gasteiger partial charge in [0.1, 0.15) is 0 Å². The average Bonchev–Trinajstić information content (AvgIpc) is 3.19. The van der Waals surface area contributed by atoms with Gasteiger partial charge in [0.2, 0.25) is 0 Å². The first-order valence-corrected chi connectivity index (χ1v) is 9.33. The minimum atomic E-state index is -0.297. The van der Waals surface area contributed by atoms with Gasteiger partial charge in [-0.1, -0.05) is 23.8 Å². The number of anilines is 1. The Morgan fingerprint density at radius 2 is 2.04 bits per heavy atom. The van der Waals surface area contributed by atoms with Crippen molar-refractivity contribution in [1.82, 2.24) is 9.78 Å². The van der Waals surface area contributed by atoms with Crippen molar-refractivity contribution in [3.05, 3.63) is 76.6 Å². The molecule has 1 amide bonds. The summed E-state index contributed by atoms with van der Waals surface area (Å²) < 4.78 is 1.66. The highest BCUT2D eigenvalue weighted by Gasteiger charge is 2.21. The van der Waals surface area contributed by atoms with Crippen molar-refractivity contribution in [3.8, 4) is 5.69 Å². The number of nitrogens with two attached hydrogens (primary N) is 1. The molecule has 3 N–H and O–H groups in total. The lowest BCUT2D eigenvalue weighted by atomic mass is 9.85. The van der Waals surface area contributed by atoms with Gasteiger partial charge in [0.25, 0.3) is 5.91 Å². The summed E-state index contributed by atoms with van der Waals surface area (Å²) in [5.41, 5.74) is 11.6. The molecule has 1 aliphatic rings. The number of carbonyl (C=O) groups is 2. The Kier molecular flexibility index (Phi) is 4.79. The average molecular weight is 374 g/mol. The first kappa shape index (κ1) is 18.1.